The van der Waals surface area contributed by atoms with E-state index in [1.165, 1.54) is 10.6 Å². The number of benzene rings is 3. The number of rotatable bonds is 7. The Kier molecular flexibility index (Phi) is 7.58. The minimum absolute atomic E-state index is 0.0123. The molecule has 0 aliphatic rings. The molecule has 0 atom stereocenters. The zero-order valence-corrected chi connectivity index (χ0v) is 21.2. The Hall–Kier alpha value is -4.84. The molecule has 0 aliphatic heterocycles. The molecule has 4 rings (SSSR count). The number of hydrogen-bond acceptors (Lipinski definition) is 4. The van der Waals surface area contributed by atoms with Gasteiger partial charge in [-0.1, -0.05) is 35.9 Å². The molecule has 0 aliphatic carbocycles. The number of amides is 1. The molecule has 0 saturated heterocycles. The predicted molar refractivity (Wildman–Crippen MR) is 140 cm³/mol. The number of alkyl halides is 3. The highest BCUT2D eigenvalue weighted by Crippen LogP contribution is 2.34. The molecule has 0 saturated carbocycles. The quantitative estimate of drug-likeness (QED) is 0.328. The van der Waals surface area contributed by atoms with Gasteiger partial charge in [0.05, 0.1) is 17.8 Å². The maximum atomic E-state index is 13.8. The topological polar surface area (TPSA) is 98.1 Å². The predicted octanol–water partition coefficient (Wildman–Crippen LogP) is 5.75. The summed E-state index contributed by atoms with van der Waals surface area (Å²) in [5, 5.41) is 9.44. The molecule has 0 radical (unpaired) electrons. The lowest BCUT2D eigenvalue weighted by molar-refractivity contribution is -0.137. The fourth-order valence-corrected chi connectivity index (χ4v) is 4.27. The molecular weight excluding hydrogens is 507 g/mol. The van der Waals surface area contributed by atoms with Crippen LogP contribution < -0.4 is 16.0 Å². The lowest BCUT2D eigenvalue weighted by atomic mass is 10.0. The number of aryl methyl sites for hydroxylation is 2. The van der Waals surface area contributed by atoms with E-state index in [4.69, 9.17) is 10.5 Å². The SMILES string of the molecule is Cc1ccc(Cn2c(-c3ccc(OCc4cccc(C(N)=O)c4)cc3)cc(C(F)(F)F)c(C#N)c2=O)c(C)c1. The van der Waals surface area contributed by atoms with Crippen molar-refractivity contribution in [2.24, 2.45) is 5.73 Å². The van der Waals surface area contributed by atoms with Crippen LogP contribution >= 0.6 is 0 Å². The average molecular weight is 532 g/mol. The van der Waals surface area contributed by atoms with Gasteiger partial charge in [0.15, 0.2) is 0 Å². The minimum atomic E-state index is -4.89. The van der Waals surface area contributed by atoms with Gasteiger partial charge in [-0.3, -0.25) is 9.59 Å². The summed E-state index contributed by atoms with van der Waals surface area (Å²) in [5.41, 5.74) is 6.09. The summed E-state index contributed by atoms with van der Waals surface area (Å²) in [6.45, 7) is 3.89. The van der Waals surface area contributed by atoms with Crippen LogP contribution in [0.2, 0.25) is 0 Å². The summed E-state index contributed by atoms with van der Waals surface area (Å²) >= 11 is 0. The Balaban J connectivity index is 1.73. The Labute approximate surface area is 222 Å². The van der Waals surface area contributed by atoms with Gasteiger partial charge in [0.2, 0.25) is 5.91 Å². The van der Waals surface area contributed by atoms with Crippen LogP contribution in [0, 0.1) is 25.2 Å². The van der Waals surface area contributed by atoms with Crippen LogP contribution in [0.4, 0.5) is 13.2 Å². The number of nitriles is 1. The first-order valence-corrected chi connectivity index (χ1v) is 11.9. The van der Waals surface area contributed by atoms with Gasteiger partial charge < -0.3 is 15.0 Å². The Morgan fingerprint density at radius 3 is 2.36 bits per heavy atom. The van der Waals surface area contributed by atoms with Gasteiger partial charge in [-0.05, 0) is 78.6 Å². The standard InChI is InChI=1S/C30H24F3N3O3/c1-18-6-7-23(19(2)12-18)16-36-27(14-26(30(31,32)33)25(15-34)29(36)38)21-8-10-24(11-9-21)39-17-20-4-3-5-22(13-20)28(35)37/h3-14H,16-17H2,1-2H3,(H2,35,37). The van der Waals surface area contributed by atoms with Crippen LogP contribution in [0.15, 0.2) is 77.6 Å². The fraction of sp³-hybridized carbons (Fsp3) is 0.167. The number of hydrogen-bond donors (Lipinski definition) is 1. The van der Waals surface area contributed by atoms with Gasteiger partial charge in [-0.2, -0.15) is 18.4 Å². The van der Waals surface area contributed by atoms with Crippen LogP contribution in [0.25, 0.3) is 11.3 Å². The van der Waals surface area contributed by atoms with Crippen molar-refractivity contribution < 1.29 is 22.7 Å². The molecule has 39 heavy (non-hydrogen) atoms. The van der Waals surface area contributed by atoms with Gasteiger partial charge in [0, 0.05) is 5.56 Å². The van der Waals surface area contributed by atoms with Crippen molar-refractivity contribution >= 4 is 5.91 Å². The Morgan fingerprint density at radius 2 is 1.74 bits per heavy atom. The molecule has 198 valence electrons. The van der Waals surface area contributed by atoms with E-state index in [0.29, 0.717) is 22.4 Å². The van der Waals surface area contributed by atoms with Crippen molar-refractivity contribution in [1.82, 2.24) is 4.57 Å². The molecule has 1 aromatic heterocycles. The number of primary amides is 1. The van der Waals surface area contributed by atoms with E-state index in [0.717, 1.165) is 22.8 Å². The van der Waals surface area contributed by atoms with Crippen LogP contribution in [0.5, 0.6) is 5.75 Å². The van der Waals surface area contributed by atoms with E-state index in [-0.39, 0.29) is 18.8 Å². The number of nitrogens with two attached hydrogens (primary N) is 1. The summed E-state index contributed by atoms with van der Waals surface area (Å²) < 4.78 is 48.5. The van der Waals surface area contributed by atoms with Crippen LogP contribution in [-0.4, -0.2) is 10.5 Å². The van der Waals surface area contributed by atoms with E-state index in [1.54, 1.807) is 48.5 Å². The highest BCUT2D eigenvalue weighted by Gasteiger charge is 2.36. The molecule has 0 fully saturated rings. The average Bonchev–Trinajstić information content (AvgIpc) is 2.89. The molecule has 2 N–H and O–H groups in total. The van der Waals surface area contributed by atoms with Crippen molar-refractivity contribution in [3.05, 3.63) is 122 Å². The minimum Gasteiger partial charge on any atom is -0.489 e. The van der Waals surface area contributed by atoms with E-state index in [2.05, 4.69) is 0 Å². The molecule has 0 spiro atoms. The Bertz CT molecular complexity index is 1650. The number of carbonyl (C=O) groups is 1. The van der Waals surface area contributed by atoms with E-state index < -0.39 is 28.8 Å². The number of nitrogens with zero attached hydrogens (tertiary/aromatic N) is 2. The Morgan fingerprint density at radius 1 is 1.03 bits per heavy atom. The fourth-order valence-electron chi connectivity index (χ4n) is 4.27. The number of carbonyl (C=O) groups excluding carboxylic acids is 1. The molecule has 0 bridgehead atoms. The van der Waals surface area contributed by atoms with Gasteiger partial charge >= 0.3 is 6.18 Å². The van der Waals surface area contributed by atoms with E-state index in [1.807, 2.05) is 32.0 Å². The van der Waals surface area contributed by atoms with Crippen molar-refractivity contribution in [3.8, 4) is 23.1 Å². The smallest absolute Gasteiger partial charge is 0.417 e. The van der Waals surface area contributed by atoms with Crippen molar-refractivity contribution in [1.29, 1.82) is 5.26 Å². The van der Waals surface area contributed by atoms with Gasteiger partial charge in [0.25, 0.3) is 5.56 Å². The second kappa shape index (κ2) is 10.9. The third kappa shape index (κ3) is 6.02. The normalized spacial score (nSPS) is 11.2. The number of halogens is 3. The summed E-state index contributed by atoms with van der Waals surface area (Å²) in [5.74, 6) is -0.134. The summed E-state index contributed by atoms with van der Waals surface area (Å²) in [6, 6.07) is 20.8. The first-order valence-electron chi connectivity index (χ1n) is 11.9. The number of pyridine rings is 1. The maximum absolute atomic E-state index is 13.8. The second-order valence-corrected chi connectivity index (χ2v) is 9.13. The number of aromatic nitrogens is 1. The van der Waals surface area contributed by atoms with Gasteiger partial charge in [-0.15, -0.1) is 0 Å². The monoisotopic (exact) mass is 531 g/mol. The molecule has 9 heteroatoms. The molecule has 3 aromatic carbocycles. The van der Waals surface area contributed by atoms with E-state index >= 15 is 0 Å². The lowest BCUT2D eigenvalue weighted by Gasteiger charge is -2.19. The lowest BCUT2D eigenvalue weighted by Crippen LogP contribution is -2.29. The van der Waals surface area contributed by atoms with E-state index in [9.17, 15) is 28.0 Å². The highest BCUT2D eigenvalue weighted by atomic mass is 19.4. The van der Waals surface area contributed by atoms with Crippen LogP contribution in [0.1, 0.15) is 43.7 Å². The zero-order chi connectivity index (χ0) is 28.3. The zero-order valence-electron chi connectivity index (χ0n) is 21.2. The molecule has 6 nitrogen and oxygen atoms in total. The molecule has 1 amide bonds. The maximum Gasteiger partial charge on any atom is 0.417 e. The molecule has 1 heterocycles. The molecular formula is C30H24F3N3O3. The van der Waals surface area contributed by atoms with Crippen LogP contribution in [-0.2, 0) is 19.3 Å². The summed E-state index contributed by atoms with van der Waals surface area (Å²) in [6.07, 6.45) is -4.89. The largest absolute Gasteiger partial charge is 0.489 e. The third-order valence-electron chi connectivity index (χ3n) is 6.31. The number of ether oxygens (including phenoxy) is 1. The summed E-state index contributed by atoms with van der Waals surface area (Å²) in [4.78, 5) is 24.6. The summed E-state index contributed by atoms with van der Waals surface area (Å²) in [7, 11) is 0. The third-order valence-corrected chi connectivity index (χ3v) is 6.31. The van der Waals surface area contributed by atoms with Gasteiger partial charge in [-0.25, -0.2) is 0 Å². The van der Waals surface area contributed by atoms with Crippen molar-refractivity contribution in [2.45, 2.75) is 33.2 Å². The molecule has 0 unspecified atom stereocenters. The highest BCUT2D eigenvalue weighted by molar-refractivity contribution is 5.92. The first-order chi connectivity index (χ1) is 18.5. The molecule has 4 aromatic rings. The second-order valence-electron chi connectivity index (χ2n) is 9.13. The van der Waals surface area contributed by atoms with Crippen molar-refractivity contribution in [2.75, 3.05) is 0 Å². The van der Waals surface area contributed by atoms with Crippen molar-refractivity contribution in [3.63, 3.8) is 0 Å². The van der Waals surface area contributed by atoms with Gasteiger partial charge in [0.1, 0.15) is 24.0 Å². The van der Waals surface area contributed by atoms with Crippen LogP contribution in [0.3, 0.4) is 0 Å². The first kappa shape index (κ1) is 27.2.